The fraction of sp³-hybridized carbons (Fsp3) is 0.522. The molecule has 1 amide bonds. The highest BCUT2D eigenvalue weighted by atomic mass is 35.5. The Bertz CT molecular complexity index is 3800. The van der Waals surface area contributed by atoms with Gasteiger partial charge in [0.25, 0.3) is 5.91 Å². The molecule has 9 atom stereocenters. The summed E-state index contributed by atoms with van der Waals surface area (Å²) in [6, 6.07) is 26.4. The first-order valence-corrected chi connectivity index (χ1v) is 38.1. The molecular formula is C69H88Cl3F6N7O11S3. The zero-order valence-electron chi connectivity index (χ0n) is 56.3. The van der Waals surface area contributed by atoms with Crippen molar-refractivity contribution >= 4 is 95.2 Å². The van der Waals surface area contributed by atoms with Crippen LogP contribution in [0.4, 0.5) is 37.7 Å². The number of carboxylic acid groups (broad SMARTS) is 1. The quantitative estimate of drug-likeness (QED) is 0.0455. The minimum absolute atomic E-state index is 0.0196. The molecule has 1 saturated carbocycles. The molecule has 6 N–H and O–H groups in total. The number of methoxy groups -OCH3 is 1. The predicted molar refractivity (Wildman–Crippen MR) is 375 cm³/mol. The number of anilines is 2. The molecule has 30 heteroatoms. The molecule has 1 unspecified atom stereocenters. The molecule has 0 radical (unpaired) electrons. The number of alkyl halides is 6. The minimum Gasteiger partial charge on any atom is -0.481 e. The van der Waals surface area contributed by atoms with Gasteiger partial charge in [-0.3, -0.25) is 14.4 Å². The fourth-order valence-electron chi connectivity index (χ4n) is 12.7. The van der Waals surface area contributed by atoms with Gasteiger partial charge in [-0.05, 0) is 165 Å². The second kappa shape index (κ2) is 34.6. The number of nitrogens with two attached hydrogens (primary N) is 1. The van der Waals surface area contributed by atoms with Crippen molar-refractivity contribution in [2.75, 3.05) is 80.8 Å². The molecule has 4 heterocycles. The van der Waals surface area contributed by atoms with Crippen LogP contribution in [0.25, 0.3) is 0 Å². The summed E-state index contributed by atoms with van der Waals surface area (Å²) in [6.45, 7) is 17.7. The maximum atomic E-state index is 13.4. The Balaban J connectivity index is 0.000000198. The number of nitrogens with one attached hydrogen (secondary N) is 3. The second-order valence-corrected chi connectivity index (χ2v) is 33.8. The molecule has 0 aromatic heterocycles. The van der Waals surface area contributed by atoms with E-state index in [4.69, 9.17) is 54.6 Å². The van der Waals surface area contributed by atoms with Gasteiger partial charge in [-0.2, -0.15) is 39.5 Å². The van der Waals surface area contributed by atoms with Gasteiger partial charge in [0.05, 0.1) is 63.4 Å². The van der Waals surface area contributed by atoms with E-state index in [1.165, 1.54) is 29.7 Å². The summed E-state index contributed by atoms with van der Waals surface area (Å²) in [7, 11) is -7.32. The van der Waals surface area contributed by atoms with E-state index in [1.54, 1.807) is 54.6 Å². The number of aliphatic carboxylic acids is 1. The predicted octanol–water partition coefficient (Wildman–Crippen LogP) is 13.2. The maximum Gasteiger partial charge on any atom is 0.416 e. The van der Waals surface area contributed by atoms with Crippen molar-refractivity contribution in [3.63, 3.8) is 0 Å². The molecule has 5 aliphatic rings. The van der Waals surface area contributed by atoms with Crippen molar-refractivity contribution in [1.82, 2.24) is 19.7 Å². The monoisotopic (exact) mass is 1510 g/mol. The van der Waals surface area contributed by atoms with Crippen molar-refractivity contribution in [3.05, 3.63) is 163 Å². The Morgan fingerprint density at radius 3 is 1.62 bits per heavy atom. The number of nitrogens with zero attached hydrogens (tertiary/aromatic N) is 3. The van der Waals surface area contributed by atoms with Crippen molar-refractivity contribution in [1.29, 1.82) is 0 Å². The van der Waals surface area contributed by atoms with E-state index in [9.17, 15) is 61.8 Å². The van der Waals surface area contributed by atoms with E-state index < -0.39 is 107 Å². The number of carboxylic acids is 1. The summed E-state index contributed by atoms with van der Waals surface area (Å²) in [6.07, 6.45) is -6.02. The fourth-order valence-corrected chi connectivity index (χ4v) is 17.0. The third kappa shape index (κ3) is 22.7. The molecule has 4 aliphatic heterocycles. The number of sulfone groups is 1. The Morgan fingerprint density at radius 1 is 0.667 bits per heavy atom. The average Bonchev–Trinajstić information content (AvgIpc) is 1.79. The number of piperazine rings is 2. The number of esters is 1. The van der Waals surface area contributed by atoms with E-state index in [1.807, 2.05) is 77.6 Å². The van der Waals surface area contributed by atoms with Gasteiger partial charge >= 0.3 is 34.6 Å². The summed E-state index contributed by atoms with van der Waals surface area (Å²) in [4.78, 5) is 41.5. The van der Waals surface area contributed by atoms with Crippen LogP contribution in [0.1, 0.15) is 149 Å². The van der Waals surface area contributed by atoms with Crippen LogP contribution in [0.2, 0.25) is 15.1 Å². The molecule has 4 saturated heterocycles. The highest BCUT2D eigenvalue weighted by Gasteiger charge is 2.47. The molecule has 18 nitrogen and oxygen atoms in total. The van der Waals surface area contributed by atoms with Gasteiger partial charge in [0.1, 0.15) is 0 Å². The third-order valence-corrected chi connectivity index (χ3v) is 22.8. The number of halogens is 9. The van der Waals surface area contributed by atoms with Crippen LogP contribution in [-0.2, 0) is 66.8 Å². The largest absolute Gasteiger partial charge is 0.481 e. The highest BCUT2D eigenvalue weighted by Crippen LogP contribution is 2.43. The summed E-state index contributed by atoms with van der Waals surface area (Å²) in [5.41, 5.74) is 9.70. The van der Waals surface area contributed by atoms with E-state index in [0.717, 1.165) is 74.4 Å². The van der Waals surface area contributed by atoms with Crippen molar-refractivity contribution in [2.24, 2.45) is 29.4 Å². The van der Waals surface area contributed by atoms with E-state index in [-0.39, 0.29) is 48.3 Å². The topological polar surface area (TPSA) is 247 Å². The molecule has 1 aliphatic carbocycles. The molecule has 0 spiro atoms. The summed E-state index contributed by atoms with van der Waals surface area (Å²) >= 11 is 17.5. The van der Waals surface area contributed by atoms with Crippen molar-refractivity contribution in [2.45, 2.75) is 134 Å². The Hall–Kier alpha value is -5.59. The number of carbonyl (C=O) groups excluding carboxylic acids is 2. The lowest BCUT2D eigenvalue weighted by molar-refractivity contribution is -0.146. The summed E-state index contributed by atoms with van der Waals surface area (Å²) in [5, 5.41) is 14.0. The number of hydrogen-bond acceptors (Lipinski definition) is 14. The number of benzene rings is 5. The molecule has 5 aromatic rings. The van der Waals surface area contributed by atoms with Crippen LogP contribution in [-0.4, -0.2) is 131 Å². The third-order valence-electron chi connectivity index (χ3n) is 17.7. The van der Waals surface area contributed by atoms with Gasteiger partial charge in [0.2, 0.25) is 0 Å². The zero-order valence-corrected chi connectivity index (χ0v) is 61.1. The molecule has 5 aromatic carbocycles. The molecule has 5 fully saturated rings. The molecular weight excluding hydrogens is 1420 g/mol. The van der Waals surface area contributed by atoms with E-state index in [0.29, 0.717) is 69.8 Å². The highest BCUT2D eigenvalue weighted by molar-refractivity contribution is 7.91. The lowest BCUT2D eigenvalue weighted by Crippen LogP contribution is -2.52. The average molecular weight is 1510 g/mol. The van der Waals surface area contributed by atoms with Gasteiger partial charge < -0.3 is 35.6 Å². The number of rotatable bonds is 16. The number of ether oxygens (including phenoxy) is 1. The van der Waals surface area contributed by atoms with Crippen molar-refractivity contribution < 1.29 is 75.8 Å². The summed E-state index contributed by atoms with van der Waals surface area (Å²) in [5.74, 6) is -2.63. The zero-order chi connectivity index (χ0) is 73.1. The van der Waals surface area contributed by atoms with Crippen molar-refractivity contribution in [3.8, 4) is 0 Å². The molecule has 99 heavy (non-hydrogen) atoms. The SMILES string of the molecule is CC(C)C[C@H](N)c1cc(C(F)(F)F)ccc1N1CCN(C(=O)[C@@H]2OS(=O)(=O)N[C@H]2c2ccc(Cl)cc2)CC1.CC(C)C[C@H](NS(=O)C(C)(C)C)c1cc(C(F)(F)F)ccc1N1CCNCC1.COC(=O)[C@@H]1CCC[C@H]1c1ccc(Cl)cc1.O=C(O)[C@@H]1CS(=O)(=O)C[C@H]1c1ccc(Cl)cc1. The lowest BCUT2D eigenvalue weighted by Gasteiger charge is -2.38. The molecule has 0 bridgehead atoms. The molecule has 546 valence electrons. The first-order valence-electron chi connectivity index (χ1n) is 32.6. The van der Waals surface area contributed by atoms with Gasteiger partial charge in [-0.25, -0.2) is 21.5 Å². The Labute approximate surface area is 594 Å². The number of hydrogen-bond donors (Lipinski definition) is 5. The maximum absolute atomic E-state index is 13.4. The first-order chi connectivity index (χ1) is 46.2. The van der Waals surface area contributed by atoms with Gasteiger partial charge in [-0.1, -0.05) is 105 Å². The van der Waals surface area contributed by atoms with E-state index >= 15 is 0 Å². The van der Waals surface area contributed by atoms with Crippen LogP contribution in [0.5, 0.6) is 0 Å². The smallest absolute Gasteiger partial charge is 0.416 e. The summed E-state index contributed by atoms with van der Waals surface area (Å²) < 4.78 is 156. The van der Waals surface area contributed by atoms with E-state index in [2.05, 4.69) is 19.7 Å². The lowest BCUT2D eigenvalue weighted by atomic mass is 9.89. The first kappa shape index (κ1) is 80.7. The Morgan fingerprint density at radius 2 is 1.14 bits per heavy atom. The van der Waals surface area contributed by atoms with Crippen LogP contribution in [0.3, 0.4) is 0 Å². The minimum atomic E-state index is -4.49. The van der Waals surface area contributed by atoms with Gasteiger partial charge in [-0.15, -0.1) is 0 Å². The number of amides is 1. The second-order valence-electron chi connectivity index (χ2n) is 27.0. The normalized spacial score (nSPS) is 22.4. The van der Waals surface area contributed by atoms with Crippen LogP contribution >= 0.6 is 34.8 Å². The Kier molecular flexibility index (Phi) is 28.2. The molecule has 10 rings (SSSR count). The van der Waals surface area contributed by atoms with Gasteiger partial charge in [0.15, 0.2) is 15.9 Å². The van der Waals surface area contributed by atoms with Crippen LogP contribution in [0.15, 0.2) is 109 Å². The van der Waals surface area contributed by atoms with Crippen LogP contribution < -0.4 is 30.3 Å². The van der Waals surface area contributed by atoms with Gasteiger partial charge in [0, 0.05) is 96.8 Å². The number of carbonyl (C=O) groups is 3. The standard InChI is InChI=1S/C25H30ClF3N4O4S.C20H32F3N3OS.C13H15ClO2.C11H11ClO4S/c1-15(2)13-20(30)19-14-17(25(27,28)29)5-8-21(19)32-9-11-33(12-10-32)24(34)23-22(31-38(35,36)37-23)16-3-6-18(26)7-4-16;1-14(2)12-17(25-28(27)19(3,4)5)16-13-15(20(21,22)23)6-7-18(16)26-10-8-24-9-11-26;1-16-13(15)12-4-2-3-11(12)9-5-7-10(14)8-6-9;12-8-3-1-7(2-4-8)9-5-17(15,16)6-10(9)11(13)14/h3-8,14-15,20,22-23,31H,9-13,30H2,1-2H3;6-7,13-14,17,24-25H,8-12H2,1-5H3;5-8,11-12H,2-4H2,1H3;1-4,9-10H,5-6H2,(H,13,14)/t20-,22-,23+;17-,28?;11-,12+;9-,10+/m0000/s1. The van der Waals surface area contributed by atoms with Crippen LogP contribution in [0, 0.1) is 23.7 Å².